The van der Waals surface area contributed by atoms with Crippen molar-refractivity contribution in [3.63, 3.8) is 0 Å². The average Bonchev–Trinajstić information content (AvgIpc) is 2.70. The van der Waals surface area contributed by atoms with Crippen molar-refractivity contribution >= 4 is 17.6 Å². The maximum Gasteiger partial charge on any atom is 0.342 e. The number of nitrogens with zero attached hydrogens (tertiary/aromatic N) is 1. The maximum absolute atomic E-state index is 12.9. The average molecular weight is 417 g/mol. The molecule has 0 aliphatic heterocycles. The largest absolute Gasteiger partial charge is 0.490 e. The van der Waals surface area contributed by atoms with Crippen molar-refractivity contribution in [3.8, 4) is 16.9 Å². The second-order valence-corrected chi connectivity index (χ2v) is 6.61. The highest BCUT2D eigenvalue weighted by atomic mass is 16.6. The summed E-state index contributed by atoms with van der Waals surface area (Å²) in [5.41, 5.74) is -0.0745. The number of hydrogen-bond donors (Lipinski definition) is 1. The molecule has 2 aromatic rings. The Balaban J connectivity index is 2.99. The summed E-state index contributed by atoms with van der Waals surface area (Å²) in [6.07, 6.45) is -0.456. The Hall–Kier alpha value is -3.46. The molecule has 0 aromatic heterocycles. The van der Waals surface area contributed by atoms with E-state index < -0.39 is 23.0 Å². The zero-order valence-corrected chi connectivity index (χ0v) is 17.1. The van der Waals surface area contributed by atoms with Crippen LogP contribution in [0.1, 0.15) is 40.1 Å². The normalized spacial score (nSPS) is 10.6. The van der Waals surface area contributed by atoms with E-state index in [9.17, 15) is 19.7 Å². The van der Waals surface area contributed by atoms with Crippen molar-refractivity contribution in [1.82, 2.24) is 0 Å². The van der Waals surface area contributed by atoms with Crippen LogP contribution in [0.4, 0.5) is 5.69 Å². The molecule has 9 heteroatoms. The third-order valence-electron chi connectivity index (χ3n) is 4.14. The van der Waals surface area contributed by atoms with Crippen LogP contribution in [-0.2, 0) is 9.47 Å². The van der Waals surface area contributed by atoms with Gasteiger partial charge in [0.1, 0.15) is 17.9 Å². The molecule has 0 saturated carbocycles. The number of para-hydroxylation sites is 1. The first kappa shape index (κ1) is 22.8. The second-order valence-electron chi connectivity index (χ2n) is 6.61. The van der Waals surface area contributed by atoms with Gasteiger partial charge in [0, 0.05) is 11.6 Å². The molecule has 2 rings (SSSR count). The molecule has 0 aliphatic rings. The number of aryl methyl sites for hydroxylation is 1. The number of methoxy groups -OCH3 is 1. The van der Waals surface area contributed by atoms with Gasteiger partial charge in [-0.25, -0.2) is 9.59 Å². The highest BCUT2D eigenvalue weighted by Gasteiger charge is 2.32. The van der Waals surface area contributed by atoms with Gasteiger partial charge in [0.15, 0.2) is 0 Å². The second kappa shape index (κ2) is 9.84. The number of ether oxygens (including phenoxy) is 3. The van der Waals surface area contributed by atoms with E-state index in [2.05, 4.69) is 0 Å². The fraction of sp³-hybridized carbons (Fsp3) is 0.333. The lowest BCUT2D eigenvalue weighted by molar-refractivity contribution is -0.384. The molecule has 9 nitrogen and oxygen atoms in total. The summed E-state index contributed by atoms with van der Waals surface area (Å²) in [5.74, 6) is -1.56. The highest BCUT2D eigenvalue weighted by Crippen LogP contribution is 2.41. The van der Waals surface area contributed by atoms with Crippen molar-refractivity contribution in [1.29, 1.82) is 0 Å². The summed E-state index contributed by atoms with van der Waals surface area (Å²) in [5, 5.41) is 20.8. The molecule has 2 aromatic carbocycles. The van der Waals surface area contributed by atoms with Crippen LogP contribution in [0.15, 0.2) is 30.3 Å². The molecule has 0 bridgehead atoms. The Morgan fingerprint density at radius 3 is 2.40 bits per heavy atom. The van der Waals surface area contributed by atoms with E-state index in [0.29, 0.717) is 5.56 Å². The highest BCUT2D eigenvalue weighted by molar-refractivity contribution is 6.09. The Bertz CT molecular complexity index is 968. The van der Waals surface area contributed by atoms with Crippen LogP contribution in [-0.4, -0.2) is 48.4 Å². The van der Waals surface area contributed by atoms with Crippen LogP contribution in [0.5, 0.6) is 5.75 Å². The molecule has 0 amide bonds. The molecule has 0 aliphatic carbocycles. The number of hydrogen-bond acceptors (Lipinski definition) is 8. The fourth-order valence-electron chi connectivity index (χ4n) is 3.01. The molecule has 0 radical (unpaired) electrons. The van der Waals surface area contributed by atoms with E-state index in [4.69, 9.17) is 19.3 Å². The summed E-state index contributed by atoms with van der Waals surface area (Å²) in [4.78, 5) is 36.7. The third-order valence-corrected chi connectivity index (χ3v) is 4.14. The molecule has 1 N–H and O–H groups in total. The van der Waals surface area contributed by atoms with Gasteiger partial charge in [0.25, 0.3) is 5.69 Å². The van der Waals surface area contributed by atoms with Crippen molar-refractivity contribution in [2.45, 2.75) is 26.9 Å². The Kier molecular flexibility index (Phi) is 7.48. The molecule has 0 spiro atoms. The number of aliphatic hydroxyl groups is 1. The van der Waals surface area contributed by atoms with E-state index >= 15 is 0 Å². The standard InChI is InChI=1S/C21H23NO8/c1-12(2)30-21(25)17-13(3)11-16(29-10-9-23)19(20(24)28-4)18(17)14-7-5-6-8-15(14)22(26)27/h5-8,11-12,23H,9-10H2,1-4H3. The fourth-order valence-corrected chi connectivity index (χ4v) is 3.01. The quantitative estimate of drug-likeness (QED) is 0.394. The Morgan fingerprint density at radius 2 is 1.83 bits per heavy atom. The Labute approximate surface area is 173 Å². The van der Waals surface area contributed by atoms with Crippen LogP contribution in [0.2, 0.25) is 0 Å². The van der Waals surface area contributed by atoms with Gasteiger partial charge in [-0.05, 0) is 38.5 Å². The first-order valence-electron chi connectivity index (χ1n) is 9.17. The molecule has 0 saturated heterocycles. The summed E-state index contributed by atoms with van der Waals surface area (Å²) in [6.45, 7) is 4.48. The summed E-state index contributed by atoms with van der Waals surface area (Å²) < 4.78 is 15.7. The monoisotopic (exact) mass is 417 g/mol. The number of nitro benzene ring substituents is 1. The molecule has 0 fully saturated rings. The third kappa shape index (κ3) is 4.74. The van der Waals surface area contributed by atoms with Crippen LogP contribution in [0.3, 0.4) is 0 Å². The minimum Gasteiger partial charge on any atom is -0.490 e. The van der Waals surface area contributed by atoms with E-state index in [1.54, 1.807) is 26.8 Å². The first-order valence-corrected chi connectivity index (χ1v) is 9.17. The molecule has 0 atom stereocenters. The van der Waals surface area contributed by atoms with E-state index in [1.807, 2.05) is 0 Å². The lowest BCUT2D eigenvalue weighted by Crippen LogP contribution is -2.18. The lowest BCUT2D eigenvalue weighted by atomic mass is 9.89. The number of rotatable bonds is 8. The number of carbonyl (C=O) groups excluding carboxylic acids is 2. The van der Waals surface area contributed by atoms with E-state index in [0.717, 1.165) is 7.11 Å². The minimum absolute atomic E-state index is 0.00486. The molecular formula is C21H23NO8. The Morgan fingerprint density at radius 1 is 1.17 bits per heavy atom. The molecular weight excluding hydrogens is 394 g/mol. The topological polar surface area (TPSA) is 125 Å². The van der Waals surface area contributed by atoms with Gasteiger partial charge in [-0.15, -0.1) is 0 Å². The number of nitro groups is 1. The van der Waals surface area contributed by atoms with Crippen LogP contribution < -0.4 is 4.74 Å². The van der Waals surface area contributed by atoms with Gasteiger partial charge in [-0.3, -0.25) is 10.1 Å². The van der Waals surface area contributed by atoms with Crippen LogP contribution in [0, 0.1) is 17.0 Å². The maximum atomic E-state index is 12.9. The summed E-state index contributed by atoms with van der Waals surface area (Å²) >= 11 is 0. The number of esters is 2. The molecule has 0 heterocycles. The first-order chi connectivity index (χ1) is 14.2. The number of benzene rings is 2. The van der Waals surface area contributed by atoms with Crippen molar-refractivity contribution in [3.05, 3.63) is 57.1 Å². The summed E-state index contributed by atoms with van der Waals surface area (Å²) in [6, 6.07) is 7.17. The molecule has 160 valence electrons. The van der Waals surface area contributed by atoms with Gasteiger partial charge in [-0.1, -0.05) is 12.1 Å². The van der Waals surface area contributed by atoms with Gasteiger partial charge < -0.3 is 19.3 Å². The zero-order valence-electron chi connectivity index (χ0n) is 17.1. The van der Waals surface area contributed by atoms with Gasteiger partial charge in [-0.2, -0.15) is 0 Å². The molecule has 0 unspecified atom stereocenters. The van der Waals surface area contributed by atoms with E-state index in [-0.39, 0.29) is 46.9 Å². The van der Waals surface area contributed by atoms with Crippen molar-refractivity contribution in [2.75, 3.05) is 20.3 Å². The number of carbonyl (C=O) groups is 2. The van der Waals surface area contributed by atoms with Gasteiger partial charge >= 0.3 is 11.9 Å². The summed E-state index contributed by atoms with van der Waals surface area (Å²) in [7, 11) is 1.15. The molecule has 30 heavy (non-hydrogen) atoms. The van der Waals surface area contributed by atoms with Gasteiger partial charge in [0.2, 0.25) is 0 Å². The zero-order chi connectivity index (χ0) is 22.4. The lowest BCUT2D eigenvalue weighted by Gasteiger charge is -2.20. The van der Waals surface area contributed by atoms with E-state index in [1.165, 1.54) is 24.3 Å². The SMILES string of the molecule is COC(=O)c1c(OCCO)cc(C)c(C(=O)OC(C)C)c1-c1ccccc1[N+](=O)[O-]. The van der Waals surface area contributed by atoms with Gasteiger partial charge in [0.05, 0.1) is 35.9 Å². The predicted molar refractivity (Wildman–Crippen MR) is 108 cm³/mol. The van der Waals surface area contributed by atoms with Crippen molar-refractivity contribution in [2.24, 2.45) is 0 Å². The predicted octanol–water partition coefficient (Wildman–Crippen LogP) is 3.29. The minimum atomic E-state index is -0.852. The smallest absolute Gasteiger partial charge is 0.342 e. The van der Waals surface area contributed by atoms with Crippen molar-refractivity contribution < 1.29 is 33.8 Å². The van der Waals surface area contributed by atoms with Crippen LogP contribution in [0.25, 0.3) is 11.1 Å². The number of aliphatic hydroxyl groups excluding tert-OH is 1. The van der Waals surface area contributed by atoms with Crippen LogP contribution >= 0.6 is 0 Å².